The molecule has 6 rings (SSSR count). The van der Waals surface area contributed by atoms with Crippen LogP contribution < -0.4 is 20.7 Å². The van der Waals surface area contributed by atoms with Crippen LogP contribution in [-0.2, 0) is 14.4 Å². The summed E-state index contributed by atoms with van der Waals surface area (Å²) in [4.78, 5) is 48.1. The molecular formula is C27H22FN5O4S. The molecule has 0 radical (unpaired) electrons. The van der Waals surface area contributed by atoms with Crippen molar-refractivity contribution in [2.75, 3.05) is 10.2 Å². The second kappa shape index (κ2) is 9.18. The highest BCUT2D eigenvalue weighted by Crippen LogP contribution is 2.49. The van der Waals surface area contributed by atoms with Crippen LogP contribution in [0.2, 0.25) is 0 Å². The van der Waals surface area contributed by atoms with Gasteiger partial charge in [0, 0.05) is 23.7 Å². The van der Waals surface area contributed by atoms with Gasteiger partial charge in [0.1, 0.15) is 15.8 Å². The summed E-state index contributed by atoms with van der Waals surface area (Å²) >= 11 is 1.21. The normalized spacial score (nSPS) is 15.6. The fourth-order valence-corrected chi connectivity index (χ4v) is 4.99. The number of nitrogens with zero attached hydrogens (tertiary/aromatic N) is 3. The van der Waals surface area contributed by atoms with Gasteiger partial charge < -0.3 is 15.8 Å². The Morgan fingerprint density at radius 2 is 1.79 bits per heavy atom. The van der Waals surface area contributed by atoms with Gasteiger partial charge in [-0.1, -0.05) is 29.5 Å². The molecule has 0 atom stereocenters. The number of hydrogen-bond donors (Lipinski definition) is 2. The lowest BCUT2D eigenvalue weighted by atomic mass is 10.0. The Balaban J connectivity index is 1.26. The third-order valence-electron chi connectivity index (χ3n) is 6.64. The highest BCUT2D eigenvalue weighted by atomic mass is 32.1. The van der Waals surface area contributed by atoms with Crippen molar-refractivity contribution in [1.29, 1.82) is 0 Å². The van der Waals surface area contributed by atoms with Gasteiger partial charge in [0.25, 0.3) is 0 Å². The van der Waals surface area contributed by atoms with E-state index in [1.54, 1.807) is 42.5 Å². The number of aromatic nitrogens is 2. The van der Waals surface area contributed by atoms with Gasteiger partial charge in [-0.2, -0.15) is 0 Å². The molecule has 192 valence electrons. The van der Waals surface area contributed by atoms with E-state index in [-0.39, 0.29) is 29.1 Å². The summed E-state index contributed by atoms with van der Waals surface area (Å²) < 4.78 is 21.0. The number of benzene rings is 2. The van der Waals surface area contributed by atoms with Crippen molar-refractivity contribution in [3.63, 3.8) is 0 Å². The number of ether oxygens (including phenoxy) is 1. The third kappa shape index (κ3) is 4.45. The zero-order valence-corrected chi connectivity index (χ0v) is 20.8. The number of thiazole rings is 1. The molecule has 2 fully saturated rings. The quantitative estimate of drug-likeness (QED) is 0.311. The molecule has 2 heterocycles. The van der Waals surface area contributed by atoms with E-state index >= 15 is 4.39 Å². The fraction of sp³-hybridized carbons (Fsp3) is 0.222. The van der Waals surface area contributed by atoms with Crippen LogP contribution in [0.5, 0.6) is 11.6 Å². The summed E-state index contributed by atoms with van der Waals surface area (Å²) in [5.41, 5.74) is 5.56. The molecule has 11 heteroatoms. The number of primary amides is 1. The maximum atomic E-state index is 15.2. The fourth-order valence-electron chi connectivity index (χ4n) is 4.15. The zero-order chi connectivity index (χ0) is 26.4. The summed E-state index contributed by atoms with van der Waals surface area (Å²) in [6.45, 7) is 0. The van der Waals surface area contributed by atoms with Crippen molar-refractivity contribution in [2.24, 2.45) is 17.1 Å². The van der Waals surface area contributed by atoms with Crippen LogP contribution in [0.3, 0.4) is 0 Å². The maximum Gasteiger partial charge on any atom is 0.247 e. The number of carbonyl (C=O) groups excluding carboxylic acids is 3. The van der Waals surface area contributed by atoms with Crippen LogP contribution in [0.1, 0.15) is 25.7 Å². The van der Waals surface area contributed by atoms with Crippen molar-refractivity contribution in [3.8, 4) is 11.6 Å². The van der Waals surface area contributed by atoms with Crippen molar-refractivity contribution < 1.29 is 23.5 Å². The molecule has 0 unspecified atom stereocenters. The molecular weight excluding hydrogens is 509 g/mol. The zero-order valence-electron chi connectivity index (χ0n) is 20.0. The highest BCUT2D eigenvalue weighted by Gasteiger charge is 2.57. The van der Waals surface area contributed by atoms with Gasteiger partial charge in [0.2, 0.25) is 23.6 Å². The predicted molar refractivity (Wildman–Crippen MR) is 140 cm³/mol. The molecule has 38 heavy (non-hydrogen) atoms. The molecule has 3 amide bonds. The van der Waals surface area contributed by atoms with Gasteiger partial charge in [-0.25, -0.2) is 14.4 Å². The van der Waals surface area contributed by atoms with Gasteiger partial charge >= 0.3 is 0 Å². The summed E-state index contributed by atoms with van der Waals surface area (Å²) in [6, 6.07) is 16.0. The minimum Gasteiger partial charge on any atom is -0.436 e. The molecule has 3 N–H and O–H groups in total. The number of anilines is 3. The molecule has 0 saturated heterocycles. The van der Waals surface area contributed by atoms with Crippen LogP contribution in [0, 0.1) is 17.2 Å². The van der Waals surface area contributed by atoms with Crippen LogP contribution in [-0.4, -0.2) is 27.7 Å². The van der Waals surface area contributed by atoms with E-state index in [4.69, 9.17) is 10.5 Å². The standard InChI is InChI=1S/C27H22FN5O4S/c28-18-14-17(33(16-4-2-1-3-5-16)25(36)27(12-13-27)24(29)35)8-10-20(18)37-21-11-9-19-23(31-21)38-26(30-19)32-22(34)15-6-7-15/h1-5,8-11,14-15H,6-7,12-13H2,(H2,29,35)(H,30,32,34). The minimum absolute atomic E-state index is 0.0471. The first-order chi connectivity index (χ1) is 18.3. The largest absolute Gasteiger partial charge is 0.436 e. The smallest absolute Gasteiger partial charge is 0.247 e. The molecule has 4 aromatic rings. The predicted octanol–water partition coefficient (Wildman–Crippen LogP) is 4.90. The Hall–Kier alpha value is -4.38. The van der Waals surface area contributed by atoms with Crippen LogP contribution in [0.4, 0.5) is 20.9 Å². The van der Waals surface area contributed by atoms with Crippen molar-refractivity contribution in [3.05, 3.63) is 66.5 Å². The molecule has 0 aliphatic heterocycles. The number of pyridine rings is 1. The maximum absolute atomic E-state index is 15.2. The van der Waals surface area contributed by atoms with Crippen molar-refractivity contribution in [2.45, 2.75) is 25.7 Å². The average Bonchev–Trinajstić information content (AvgIpc) is 3.82. The number of carbonyl (C=O) groups is 3. The highest BCUT2D eigenvalue weighted by molar-refractivity contribution is 7.21. The molecule has 0 spiro atoms. The van der Waals surface area contributed by atoms with Gasteiger partial charge in [-0.05, 0) is 56.0 Å². The van der Waals surface area contributed by atoms with E-state index in [0.29, 0.717) is 34.0 Å². The third-order valence-corrected chi connectivity index (χ3v) is 7.53. The number of rotatable bonds is 8. The number of hydrogen-bond acceptors (Lipinski definition) is 7. The number of amides is 3. The number of para-hydroxylation sites is 1. The first kappa shape index (κ1) is 24.0. The van der Waals surface area contributed by atoms with Crippen molar-refractivity contribution in [1.82, 2.24) is 9.97 Å². The van der Waals surface area contributed by atoms with E-state index in [0.717, 1.165) is 12.8 Å². The lowest BCUT2D eigenvalue weighted by Crippen LogP contribution is -2.41. The number of halogens is 1. The second-order valence-corrected chi connectivity index (χ2v) is 10.4. The molecule has 2 aliphatic carbocycles. The number of nitrogens with one attached hydrogen (secondary N) is 1. The van der Waals surface area contributed by atoms with E-state index in [1.165, 1.54) is 34.4 Å². The molecule has 2 aliphatic rings. The van der Waals surface area contributed by atoms with Gasteiger partial charge in [0.15, 0.2) is 16.7 Å². The SMILES string of the molecule is NC(=O)C1(C(=O)N(c2ccccc2)c2ccc(Oc3ccc4nc(NC(=O)C5CC5)sc4n3)c(F)c2)CC1. The molecule has 2 aromatic carbocycles. The van der Waals surface area contributed by atoms with Crippen LogP contribution in [0.25, 0.3) is 10.3 Å². The lowest BCUT2D eigenvalue weighted by molar-refractivity contribution is -0.133. The van der Waals surface area contributed by atoms with E-state index < -0.39 is 23.0 Å². The van der Waals surface area contributed by atoms with Gasteiger partial charge in [-0.15, -0.1) is 0 Å². The Labute approximate surface area is 220 Å². The minimum atomic E-state index is -1.29. The van der Waals surface area contributed by atoms with Gasteiger partial charge in [0.05, 0.1) is 5.69 Å². The lowest BCUT2D eigenvalue weighted by Gasteiger charge is -2.26. The summed E-state index contributed by atoms with van der Waals surface area (Å²) in [7, 11) is 0. The number of nitrogens with two attached hydrogens (primary N) is 1. The summed E-state index contributed by atoms with van der Waals surface area (Å²) in [5.74, 6) is -1.84. The number of fused-ring (bicyclic) bond motifs is 1. The van der Waals surface area contributed by atoms with E-state index in [2.05, 4.69) is 15.3 Å². The average molecular weight is 532 g/mol. The van der Waals surface area contributed by atoms with E-state index in [9.17, 15) is 14.4 Å². The monoisotopic (exact) mass is 531 g/mol. The Morgan fingerprint density at radius 3 is 2.45 bits per heavy atom. The summed E-state index contributed by atoms with van der Waals surface area (Å²) in [5, 5.41) is 3.25. The molecule has 2 aromatic heterocycles. The Morgan fingerprint density at radius 1 is 1.03 bits per heavy atom. The molecule has 2 saturated carbocycles. The molecule has 0 bridgehead atoms. The van der Waals surface area contributed by atoms with E-state index in [1.807, 2.05) is 0 Å². The van der Waals surface area contributed by atoms with Crippen molar-refractivity contribution >= 4 is 55.9 Å². The first-order valence-corrected chi connectivity index (χ1v) is 12.9. The second-order valence-electron chi connectivity index (χ2n) is 9.40. The van der Waals surface area contributed by atoms with Crippen LogP contribution >= 0.6 is 11.3 Å². The summed E-state index contributed by atoms with van der Waals surface area (Å²) in [6.07, 6.45) is 2.49. The first-order valence-electron chi connectivity index (χ1n) is 12.1. The van der Waals surface area contributed by atoms with Crippen LogP contribution in [0.15, 0.2) is 60.7 Å². The molecule has 9 nitrogen and oxygen atoms in total. The Bertz CT molecular complexity index is 1580. The van der Waals surface area contributed by atoms with Gasteiger partial charge in [-0.3, -0.25) is 19.3 Å². The topological polar surface area (TPSA) is 128 Å². The Kier molecular flexibility index (Phi) is 5.79.